The predicted octanol–water partition coefficient (Wildman–Crippen LogP) is 2.45. The van der Waals surface area contributed by atoms with Crippen LogP contribution in [-0.4, -0.2) is 33.6 Å². The molecule has 0 saturated carbocycles. The van der Waals surface area contributed by atoms with Gasteiger partial charge in [-0.05, 0) is 54.9 Å². The fourth-order valence-electron chi connectivity index (χ4n) is 4.07. The van der Waals surface area contributed by atoms with Crippen molar-refractivity contribution in [3.05, 3.63) is 68.6 Å². The maximum atomic E-state index is 12.9. The first kappa shape index (κ1) is 19.4. The largest absolute Gasteiger partial charge is 0.392 e. The molecule has 144 valence electrons. The van der Waals surface area contributed by atoms with Crippen molar-refractivity contribution in [1.29, 1.82) is 0 Å². The van der Waals surface area contributed by atoms with Gasteiger partial charge in [0.1, 0.15) is 5.56 Å². The molecule has 1 unspecified atom stereocenters. The zero-order valence-electron chi connectivity index (χ0n) is 16.4. The lowest BCUT2D eigenvalue weighted by Gasteiger charge is -2.18. The summed E-state index contributed by atoms with van der Waals surface area (Å²) in [5, 5.41) is 9.14. The zero-order chi connectivity index (χ0) is 19.6. The minimum atomic E-state index is -0.203. The summed E-state index contributed by atoms with van der Waals surface area (Å²) < 4.78 is 1.61. The highest BCUT2D eigenvalue weighted by atomic mass is 16.3. The second-order valence-corrected chi connectivity index (χ2v) is 7.49. The lowest BCUT2D eigenvalue weighted by molar-refractivity contribution is 0.0784. The van der Waals surface area contributed by atoms with Gasteiger partial charge in [0.05, 0.1) is 6.61 Å². The Balaban J connectivity index is 1.71. The first-order valence-corrected chi connectivity index (χ1v) is 9.62. The molecule has 1 amide bonds. The van der Waals surface area contributed by atoms with E-state index >= 15 is 0 Å². The topological polar surface area (TPSA) is 62.5 Å². The maximum Gasteiger partial charge on any atom is 0.263 e. The molecule has 3 rings (SSSR count). The molecule has 2 aromatic rings. The van der Waals surface area contributed by atoms with Crippen LogP contribution in [0.3, 0.4) is 0 Å². The molecule has 1 N–H and O–H groups in total. The molecular formula is C22H28N2O3. The van der Waals surface area contributed by atoms with Crippen LogP contribution >= 0.6 is 0 Å². The number of rotatable bonds is 5. The van der Waals surface area contributed by atoms with Crippen molar-refractivity contribution < 1.29 is 9.90 Å². The quantitative estimate of drug-likeness (QED) is 0.882. The third-order valence-corrected chi connectivity index (χ3v) is 5.62. The van der Waals surface area contributed by atoms with E-state index in [1.54, 1.807) is 17.7 Å². The van der Waals surface area contributed by atoms with E-state index < -0.39 is 0 Å². The highest BCUT2D eigenvalue weighted by molar-refractivity contribution is 5.94. The Morgan fingerprint density at radius 3 is 2.52 bits per heavy atom. The minimum absolute atomic E-state index is 0.0528. The molecule has 27 heavy (non-hydrogen) atoms. The average Bonchev–Trinajstić information content (AvgIpc) is 3.13. The van der Waals surface area contributed by atoms with Crippen molar-refractivity contribution in [3.8, 4) is 0 Å². The van der Waals surface area contributed by atoms with E-state index in [4.69, 9.17) is 5.11 Å². The molecule has 5 nitrogen and oxygen atoms in total. The van der Waals surface area contributed by atoms with E-state index in [1.807, 2.05) is 43.0 Å². The molecule has 5 heteroatoms. The van der Waals surface area contributed by atoms with Crippen molar-refractivity contribution in [2.24, 2.45) is 13.0 Å². The highest BCUT2D eigenvalue weighted by Gasteiger charge is 2.29. The Morgan fingerprint density at radius 1 is 1.22 bits per heavy atom. The van der Waals surface area contributed by atoms with E-state index in [0.717, 1.165) is 36.1 Å². The monoisotopic (exact) mass is 368 g/mol. The number of benzene rings is 1. The van der Waals surface area contributed by atoms with Gasteiger partial charge >= 0.3 is 0 Å². The number of hydrogen-bond donors (Lipinski definition) is 1. The summed E-state index contributed by atoms with van der Waals surface area (Å²) in [5.41, 5.74) is 4.16. The summed E-state index contributed by atoms with van der Waals surface area (Å²) in [7, 11) is 1.74. The number of pyridine rings is 1. The van der Waals surface area contributed by atoms with Crippen molar-refractivity contribution in [3.63, 3.8) is 0 Å². The van der Waals surface area contributed by atoms with Gasteiger partial charge in [-0.25, -0.2) is 0 Å². The van der Waals surface area contributed by atoms with Crippen molar-refractivity contribution >= 4 is 5.91 Å². The minimum Gasteiger partial charge on any atom is -0.392 e. The molecule has 0 spiro atoms. The fraction of sp³-hybridized carbons (Fsp3) is 0.455. The van der Waals surface area contributed by atoms with Crippen LogP contribution in [0.4, 0.5) is 0 Å². The van der Waals surface area contributed by atoms with Crippen molar-refractivity contribution in [2.75, 3.05) is 13.1 Å². The van der Waals surface area contributed by atoms with E-state index in [9.17, 15) is 9.59 Å². The molecule has 2 heterocycles. The molecular weight excluding hydrogens is 340 g/mol. The second-order valence-electron chi connectivity index (χ2n) is 7.49. The van der Waals surface area contributed by atoms with Crippen LogP contribution in [0, 0.1) is 12.8 Å². The summed E-state index contributed by atoms with van der Waals surface area (Å²) in [6, 6.07) is 9.71. The lowest BCUT2D eigenvalue weighted by Crippen LogP contribution is -2.36. The average molecular weight is 368 g/mol. The predicted molar refractivity (Wildman–Crippen MR) is 106 cm³/mol. The van der Waals surface area contributed by atoms with Crippen LogP contribution in [0.5, 0.6) is 0 Å². The van der Waals surface area contributed by atoms with Crippen LogP contribution < -0.4 is 5.56 Å². The molecule has 1 saturated heterocycles. The summed E-state index contributed by atoms with van der Waals surface area (Å²) in [5.74, 6) is 0.244. The molecule has 0 radical (unpaired) electrons. The van der Waals surface area contributed by atoms with Gasteiger partial charge in [0.25, 0.3) is 11.5 Å². The summed E-state index contributed by atoms with van der Waals surface area (Å²) in [4.78, 5) is 27.4. The molecule has 1 aromatic heterocycles. The van der Waals surface area contributed by atoms with Crippen LogP contribution in [0.25, 0.3) is 0 Å². The number of aromatic nitrogens is 1. The normalized spacial score (nSPS) is 16.7. The summed E-state index contributed by atoms with van der Waals surface area (Å²) in [6.45, 7) is 5.39. The number of likely N-dealkylation sites (tertiary alicyclic amines) is 1. The van der Waals surface area contributed by atoms with Gasteiger partial charge in [-0.1, -0.05) is 31.2 Å². The van der Waals surface area contributed by atoms with Gasteiger partial charge in [-0.3, -0.25) is 9.59 Å². The third kappa shape index (κ3) is 3.98. The van der Waals surface area contributed by atoms with E-state index in [2.05, 4.69) is 0 Å². The number of aliphatic hydroxyl groups is 1. The molecule has 1 aliphatic heterocycles. The van der Waals surface area contributed by atoms with Gasteiger partial charge in [0.2, 0.25) is 0 Å². The number of carbonyl (C=O) groups excluding carboxylic acids is 1. The lowest BCUT2D eigenvalue weighted by atomic mass is 9.98. The number of aliphatic hydroxyl groups excluding tert-OH is 1. The first-order valence-electron chi connectivity index (χ1n) is 9.62. The fourth-order valence-corrected chi connectivity index (χ4v) is 4.07. The maximum absolute atomic E-state index is 12.9. The molecule has 0 aliphatic carbocycles. The Morgan fingerprint density at radius 2 is 1.89 bits per heavy atom. The molecule has 1 fully saturated rings. The van der Waals surface area contributed by atoms with E-state index in [0.29, 0.717) is 19.0 Å². The molecule has 1 aliphatic rings. The van der Waals surface area contributed by atoms with Crippen LogP contribution in [0.2, 0.25) is 0 Å². The summed E-state index contributed by atoms with van der Waals surface area (Å²) in [6.07, 6.45) is 2.62. The number of carbonyl (C=O) groups is 1. The van der Waals surface area contributed by atoms with Gasteiger partial charge in [0.15, 0.2) is 0 Å². The van der Waals surface area contributed by atoms with Crippen molar-refractivity contribution in [1.82, 2.24) is 9.47 Å². The Hall–Kier alpha value is -2.40. The van der Waals surface area contributed by atoms with Gasteiger partial charge in [-0.15, -0.1) is 0 Å². The van der Waals surface area contributed by atoms with Gasteiger partial charge in [0, 0.05) is 25.8 Å². The number of nitrogens with zero attached hydrogens (tertiary/aromatic N) is 2. The van der Waals surface area contributed by atoms with E-state index in [-0.39, 0.29) is 23.6 Å². The number of aryl methyl sites for hydroxylation is 1. The van der Waals surface area contributed by atoms with Crippen LogP contribution in [0.1, 0.15) is 46.1 Å². The number of hydrogen-bond acceptors (Lipinski definition) is 3. The van der Waals surface area contributed by atoms with Crippen LogP contribution in [-0.2, 0) is 26.5 Å². The highest BCUT2D eigenvalue weighted by Crippen LogP contribution is 2.23. The SMILES string of the molecule is CCc1c(C)cc(C(=O)N2CCC(Cc3ccc(CO)cc3)C2)c(=O)n1C. The van der Waals surface area contributed by atoms with Crippen molar-refractivity contribution in [2.45, 2.75) is 39.7 Å². The van der Waals surface area contributed by atoms with E-state index in [1.165, 1.54) is 5.56 Å². The standard InChI is InChI=1S/C22H28N2O3/c1-4-20-15(2)11-19(21(26)23(20)3)22(27)24-10-9-18(13-24)12-16-5-7-17(14-25)8-6-16/h5-8,11,18,25H,4,9-10,12-14H2,1-3H3. The summed E-state index contributed by atoms with van der Waals surface area (Å²) >= 11 is 0. The van der Waals surface area contributed by atoms with Gasteiger partial charge in [-0.2, -0.15) is 0 Å². The first-order chi connectivity index (χ1) is 12.9. The third-order valence-electron chi connectivity index (χ3n) is 5.62. The zero-order valence-corrected chi connectivity index (χ0v) is 16.4. The molecule has 0 bridgehead atoms. The second kappa shape index (κ2) is 8.09. The van der Waals surface area contributed by atoms with Gasteiger partial charge < -0.3 is 14.6 Å². The number of amides is 1. The molecule has 1 aromatic carbocycles. The Labute approximate surface area is 160 Å². The smallest absolute Gasteiger partial charge is 0.263 e. The van der Waals surface area contributed by atoms with Crippen LogP contribution in [0.15, 0.2) is 35.1 Å². The Kier molecular flexibility index (Phi) is 5.80. The Bertz CT molecular complexity index is 884. The molecule has 1 atom stereocenters.